The Morgan fingerprint density at radius 1 is 1.29 bits per heavy atom. The van der Waals surface area contributed by atoms with Gasteiger partial charge < -0.3 is 10.7 Å². The van der Waals surface area contributed by atoms with Crippen LogP contribution >= 0.6 is 0 Å². The van der Waals surface area contributed by atoms with Crippen molar-refractivity contribution >= 4 is 22.7 Å². The van der Waals surface area contributed by atoms with Gasteiger partial charge in [0.15, 0.2) is 5.78 Å². The Balaban J connectivity index is 1.93. The number of aromatic amines is 1. The van der Waals surface area contributed by atoms with Crippen LogP contribution in [0.2, 0.25) is 0 Å². The fourth-order valence-electron chi connectivity index (χ4n) is 2.58. The number of amides is 1. The highest BCUT2D eigenvalue weighted by atomic mass is 16.1. The Labute approximate surface area is 137 Å². The van der Waals surface area contributed by atoms with Gasteiger partial charge in [0, 0.05) is 28.9 Å². The lowest BCUT2D eigenvalue weighted by molar-refractivity contribution is -0.120. The molecule has 2 heterocycles. The minimum Gasteiger partial charge on any atom is -0.369 e. The third-order valence-corrected chi connectivity index (χ3v) is 3.82. The average molecular weight is 318 g/mol. The van der Waals surface area contributed by atoms with Crippen LogP contribution in [0.4, 0.5) is 0 Å². The van der Waals surface area contributed by atoms with Gasteiger partial charge in [-0.05, 0) is 30.2 Å². The summed E-state index contributed by atoms with van der Waals surface area (Å²) < 4.78 is 0. The summed E-state index contributed by atoms with van der Waals surface area (Å²) in [6.07, 6.45) is 3.47. The SMILES string of the molecule is N#C[C@@H](Cc1cccc(C(=O)c2c[nH]c3ncccc23)c1)C(N)=O. The summed E-state index contributed by atoms with van der Waals surface area (Å²) in [5.41, 5.74) is 7.57. The maximum Gasteiger partial charge on any atom is 0.235 e. The molecule has 24 heavy (non-hydrogen) atoms. The van der Waals surface area contributed by atoms with Gasteiger partial charge >= 0.3 is 0 Å². The number of aromatic nitrogens is 2. The summed E-state index contributed by atoms with van der Waals surface area (Å²) in [7, 11) is 0. The summed E-state index contributed by atoms with van der Waals surface area (Å²) in [5, 5.41) is 9.73. The molecule has 6 nitrogen and oxygen atoms in total. The van der Waals surface area contributed by atoms with E-state index in [1.165, 1.54) is 0 Å². The summed E-state index contributed by atoms with van der Waals surface area (Å²) in [6, 6.07) is 12.4. The quantitative estimate of drug-likeness (QED) is 0.700. The van der Waals surface area contributed by atoms with Crippen molar-refractivity contribution in [3.05, 3.63) is 65.5 Å². The molecule has 0 bridgehead atoms. The molecule has 0 aliphatic rings. The molecule has 1 amide bonds. The number of H-pyrrole nitrogens is 1. The lowest BCUT2D eigenvalue weighted by atomic mass is 9.96. The number of hydrogen-bond acceptors (Lipinski definition) is 4. The molecule has 118 valence electrons. The van der Waals surface area contributed by atoms with Crippen LogP contribution in [0, 0.1) is 17.2 Å². The van der Waals surface area contributed by atoms with Crippen LogP contribution in [0.3, 0.4) is 0 Å². The topological polar surface area (TPSA) is 113 Å². The van der Waals surface area contributed by atoms with Crippen molar-refractivity contribution < 1.29 is 9.59 Å². The van der Waals surface area contributed by atoms with Crippen molar-refractivity contribution in [1.82, 2.24) is 9.97 Å². The Bertz CT molecular complexity index is 968. The number of rotatable bonds is 5. The second-order valence-electron chi connectivity index (χ2n) is 5.42. The molecule has 0 saturated carbocycles. The molecule has 0 aliphatic carbocycles. The Morgan fingerprint density at radius 3 is 2.88 bits per heavy atom. The number of hydrogen-bond donors (Lipinski definition) is 2. The van der Waals surface area contributed by atoms with E-state index in [2.05, 4.69) is 9.97 Å². The molecule has 0 unspecified atom stereocenters. The molecule has 3 rings (SSSR count). The number of fused-ring (bicyclic) bond motifs is 1. The maximum atomic E-state index is 12.8. The number of pyridine rings is 1. The van der Waals surface area contributed by atoms with Gasteiger partial charge in [-0.3, -0.25) is 9.59 Å². The molecular weight excluding hydrogens is 304 g/mol. The largest absolute Gasteiger partial charge is 0.369 e. The smallest absolute Gasteiger partial charge is 0.235 e. The van der Waals surface area contributed by atoms with E-state index in [9.17, 15) is 9.59 Å². The normalized spacial score (nSPS) is 11.8. The van der Waals surface area contributed by atoms with Crippen LogP contribution < -0.4 is 5.73 Å². The van der Waals surface area contributed by atoms with E-state index in [0.717, 1.165) is 5.39 Å². The number of primary amides is 1. The molecular formula is C18H14N4O2. The fraction of sp³-hybridized carbons (Fsp3) is 0.111. The van der Waals surface area contributed by atoms with Crippen molar-refractivity contribution in [3.63, 3.8) is 0 Å². The molecule has 0 radical (unpaired) electrons. The first-order valence-electron chi connectivity index (χ1n) is 7.35. The van der Waals surface area contributed by atoms with Gasteiger partial charge in [-0.25, -0.2) is 4.98 Å². The molecule has 3 aromatic rings. The molecule has 6 heteroatoms. The number of carbonyl (C=O) groups is 2. The maximum absolute atomic E-state index is 12.8. The van der Waals surface area contributed by atoms with Crippen molar-refractivity contribution in [2.45, 2.75) is 6.42 Å². The first-order valence-corrected chi connectivity index (χ1v) is 7.35. The minimum atomic E-state index is -0.910. The van der Waals surface area contributed by atoms with E-state index >= 15 is 0 Å². The highest BCUT2D eigenvalue weighted by Gasteiger charge is 2.18. The van der Waals surface area contributed by atoms with Crippen molar-refractivity contribution in [1.29, 1.82) is 5.26 Å². The van der Waals surface area contributed by atoms with Crippen molar-refractivity contribution in [3.8, 4) is 6.07 Å². The predicted molar refractivity (Wildman–Crippen MR) is 88.0 cm³/mol. The molecule has 3 N–H and O–H groups in total. The number of nitriles is 1. The monoisotopic (exact) mass is 318 g/mol. The highest BCUT2D eigenvalue weighted by Crippen LogP contribution is 2.20. The Kier molecular flexibility index (Phi) is 4.08. The van der Waals surface area contributed by atoms with E-state index in [-0.39, 0.29) is 12.2 Å². The number of carbonyl (C=O) groups excluding carboxylic acids is 2. The van der Waals surface area contributed by atoms with Gasteiger partial charge in [0.2, 0.25) is 5.91 Å². The van der Waals surface area contributed by atoms with Crippen LogP contribution in [0.1, 0.15) is 21.5 Å². The van der Waals surface area contributed by atoms with E-state index in [4.69, 9.17) is 11.0 Å². The number of benzene rings is 1. The molecule has 0 spiro atoms. The third-order valence-electron chi connectivity index (χ3n) is 3.82. The average Bonchev–Trinajstić information content (AvgIpc) is 3.03. The van der Waals surface area contributed by atoms with Crippen LogP contribution in [-0.2, 0) is 11.2 Å². The first kappa shape index (κ1) is 15.4. The van der Waals surface area contributed by atoms with Crippen molar-refractivity contribution in [2.75, 3.05) is 0 Å². The Hall–Kier alpha value is -3.46. The van der Waals surface area contributed by atoms with E-state index in [1.54, 1.807) is 42.7 Å². The standard InChI is InChI=1S/C18H14N4O2/c19-9-13(17(20)24)8-11-3-1-4-12(7-11)16(23)15-10-22-18-14(15)5-2-6-21-18/h1-7,10,13H,8H2,(H2,20,24)(H,21,22)/t13-/m1/s1. The van der Waals surface area contributed by atoms with Crippen LogP contribution in [0.15, 0.2) is 48.8 Å². The zero-order valence-electron chi connectivity index (χ0n) is 12.7. The van der Waals surface area contributed by atoms with Gasteiger partial charge in [-0.15, -0.1) is 0 Å². The van der Waals surface area contributed by atoms with Crippen LogP contribution in [0.5, 0.6) is 0 Å². The number of nitrogens with two attached hydrogens (primary N) is 1. The van der Waals surface area contributed by atoms with E-state index in [0.29, 0.717) is 22.3 Å². The van der Waals surface area contributed by atoms with Crippen LogP contribution in [0.25, 0.3) is 11.0 Å². The van der Waals surface area contributed by atoms with Gasteiger partial charge in [-0.2, -0.15) is 5.26 Å². The molecule has 0 fully saturated rings. The third kappa shape index (κ3) is 2.88. The summed E-state index contributed by atoms with van der Waals surface area (Å²) in [5.74, 6) is -1.73. The molecule has 0 aliphatic heterocycles. The second-order valence-corrected chi connectivity index (χ2v) is 5.42. The second kappa shape index (κ2) is 6.34. The lowest BCUT2D eigenvalue weighted by Gasteiger charge is -2.07. The number of nitrogens with one attached hydrogen (secondary N) is 1. The van der Waals surface area contributed by atoms with Crippen LogP contribution in [-0.4, -0.2) is 21.7 Å². The van der Waals surface area contributed by atoms with E-state index < -0.39 is 11.8 Å². The number of ketones is 1. The highest BCUT2D eigenvalue weighted by molar-refractivity contribution is 6.15. The molecule has 0 saturated heterocycles. The van der Waals surface area contributed by atoms with Gasteiger partial charge in [-0.1, -0.05) is 18.2 Å². The fourth-order valence-corrected chi connectivity index (χ4v) is 2.58. The van der Waals surface area contributed by atoms with Gasteiger partial charge in [0.25, 0.3) is 0 Å². The van der Waals surface area contributed by atoms with Gasteiger partial charge in [0.05, 0.1) is 6.07 Å². The molecule has 1 atom stereocenters. The van der Waals surface area contributed by atoms with Crippen molar-refractivity contribution in [2.24, 2.45) is 11.7 Å². The minimum absolute atomic E-state index is 0.149. The molecule has 2 aromatic heterocycles. The zero-order chi connectivity index (χ0) is 17.1. The zero-order valence-corrected chi connectivity index (χ0v) is 12.7. The predicted octanol–water partition coefficient (Wildman–Crippen LogP) is 1.96. The number of nitrogens with zero attached hydrogens (tertiary/aromatic N) is 2. The first-order chi connectivity index (χ1) is 11.6. The lowest BCUT2D eigenvalue weighted by Crippen LogP contribution is -2.23. The Morgan fingerprint density at radius 2 is 2.12 bits per heavy atom. The summed E-state index contributed by atoms with van der Waals surface area (Å²) in [4.78, 5) is 31.1. The van der Waals surface area contributed by atoms with E-state index in [1.807, 2.05) is 12.1 Å². The molecule has 1 aromatic carbocycles. The summed E-state index contributed by atoms with van der Waals surface area (Å²) in [6.45, 7) is 0. The van der Waals surface area contributed by atoms with Gasteiger partial charge in [0.1, 0.15) is 11.6 Å². The summed E-state index contributed by atoms with van der Waals surface area (Å²) >= 11 is 0.